The standard InChI is InChI=1S/C18H18N2O2S/c1-13-7-9-15(10-8-13)19-17(21)16-11-23-12-20(16)18(22)14-5-3-2-4-6-14/h2-10,16H,11-12H2,1H3,(H,19,21). The number of benzene rings is 2. The first-order valence-electron chi connectivity index (χ1n) is 7.46. The van der Waals surface area contributed by atoms with E-state index in [-0.39, 0.29) is 11.8 Å². The first kappa shape index (κ1) is 15.6. The van der Waals surface area contributed by atoms with E-state index in [2.05, 4.69) is 5.32 Å². The molecule has 0 bridgehead atoms. The van der Waals surface area contributed by atoms with E-state index in [0.717, 1.165) is 11.3 Å². The van der Waals surface area contributed by atoms with Crippen LogP contribution >= 0.6 is 11.8 Å². The summed E-state index contributed by atoms with van der Waals surface area (Å²) in [4.78, 5) is 26.8. The van der Waals surface area contributed by atoms with Crippen LogP contribution in [0.3, 0.4) is 0 Å². The Morgan fingerprint density at radius 2 is 1.78 bits per heavy atom. The Labute approximate surface area is 139 Å². The molecule has 1 saturated heterocycles. The van der Waals surface area contributed by atoms with Gasteiger partial charge in [-0.05, 0) is 31.2 Å². The van der Waals surface area contributed by atoms with Crippen molar-refractivity contribution < 1.29 is 9.59 Å². The van der Waals surface area contributed by atoms with Gasteiger partial charge in [-0.2, -0.15) is 0 Å². The molecule has 0 saturated carbocycles. The third-order valence-electron chi connectivity index (χ3n) is 3.79. The summed E-state index contributed by atoms with van der Waals surface area (Å²) in [6.45, 7) is 2.00. The van der Waals surface area contributed by atoms with E-state index in [1.54, 1.807) is 28.8 Å². The number of rotatable bonds is 3. The van der Waals surface area contributed by atoms with Crippen molar-refractivity contribution in [2.24, 2.45) is 0 Å². The Morgan fingerprint density at radius 3 is 2.48 bits per heavy atom. The largest absolute Gasteiger partial charge is 0.324 e. The van der Waals surface area contributed by atoms with Gasteiger partial charge in [0.25, 0.3) is 5.91 Å². The molecule has 2 amide bonds. The van der Waals surface area contributed by atoms with Crippen molar-refractivity contribution in [2.75, 3.05) is 16.9 Å². The Hall–Kier alpha value is -2.27. The Bertz CT molecular complexity index is 701. The van der Waals surface area contributed by atoms with Gasteiger partial charge in [-0.25, -0.2) is 0 Å². The van der Waals surface area contributed by atoms with Gasteiger partial charge in [-0.15, -0.1) is 11.8 Å². The molecule has 1 aliphatic heterocycles. The molecule has 1 aliphatic rings. The van der Waals surface area contributed by atoms with Gasteiger partial charge in [0.2, 0.25) is 5.91 Å². The normalized spacial score (nSPS) is 17.1. The van der Waals surface area contributed by atoms with Crippen LogP contribution in [0.15, 0.2) is 54.6 Å². The van der Waals surface area contributed by atoms with E-state index in [4.69, 9.17) is 0 Å². The van der Waals surface area contributed by atoms with Gasteiger partial charge in [-0.3, -0.25) is 9.59 Å². The molecule has 1 fully saturated rings. The minimum atomic E-state index is -0.436. The summed E-state index contributed by atoms with van der Waals surface area (Å²) in [5, 5.41) is 2.90. The maximum absolute atomic E-state index is 12.6. The maximum Gasteiger partial charge on any atom is 0.255 e. The summed E-state index contributed by atoms with van der Waals surface area (Å²) in [5.74, 6) is 0.929. The van der Waals surface area contributed by atoms with Crippen LogP contribution in [-0.2, 0) is 4.79 Å². The van der Waals surface area contributed by atoms with Crippen LogP contribution in [0.1, 0.15) is 15.9 Å². The van der Waals surface area contributed by atoms with Crippen LogP contribution in [0.4, 0.5) is 5.69 Å². The number of anilines is 1. The lowest BCUT2D eigenvalue weighted by Gasteiger charge is -2.23. The molecule has 0 radical (unpaired) electrons. The van der Waals surface area contributed by atoms with Crippen molar-refractivity contribution in [1.29, 1.82) is 0 Å². The van der Waals surface area contributed by atoms with Gasteiger partial charge in [0.1, 0.15) is 6.04 Å². The fourth-order valence-corrected chi connectivity index (χ4v) is 3.62. The summed E-state index contributed by atoms with van der Waals surface area (Å²) in [6, 6.07) is 16.3. The first-order chi connectivity index (χ1) is 11.1. The predicted octanol–water partition coefficient (Wildman–Crippen LogP) is 3.15. The molecule has 1 atom stereocenters. The van der Waals surface area contributed by atoms with Crippen LogP contribution in [0.25, 0.3) is 0 Å². The first-order valence-corrected chi connectivity index (χ1v) is 8.62. The van der Waals surface area contributed by atoms with Crippen LogP contribution < -0.4 is 5.32 Å². The Balaban J connectivity index is 1.72. The molecule has 3 rings (SSSR count). The molecular formula is C18H18N2O2S. The molecule has 0 spiro atoms. The number of nitrogens with one attached hydrogen (secondary N) is 1. The van der Waals surface area contributed by atoms with Gasteiger partial charge in [0.05, 0.1) is 5.88 Å². The quantitative estimate of drug-likeness (QED) is 0.942. The number of aryl methyl sites for hydroxylation is 1. The number of hydrogen-bond donors (Lipinski definition) is 1. The SMILES string of the molecule is Cc1ccc(NC(=O)C2CSCN2C(=O)c2ccccc2)cc1. The molecule has 0 aromatic heterocycles. The minimum absolute atomic E-state index is 0.0975. The van der Waals surface area contributed by atoms with E-state index in [1.807, 2.05) is 49.4 Å². The molecule has 0 aliphatic carbocycles. The van der Waals surface area contributed by atoms with E-state index in [0.29, 0.717) is 17.2 Å². The minimum Gasteiger partial charge on any atom is -0.324 e. The second-order valence-electron chi connectivity index (χ2n) is 5.51. The van der Waals surface area contributed by atoms with Gasteiger partial charge >= 0.3 is 0 Å². The lowest BCUT2D eigenvalue weighted by Crippen LogP contribution is -2.44. The average molecular weight is 326 g/mol. The molecule has 4 nitrogen and oxygen atoms in total. The molecule has 118 valence electrons. The highest BCUT2D eigenvalue weighted by atomic mass is 32.2. The van der Waals surface area contributed by atoms with Crippen molar-refractivity contribution in [1.82, 2.24) is 4.90 Å². The van der Waals surface area contributed by atoms with Gasteiger partial charge in [-0.1, -0.05) is 35.9 Å². The molecule has 1 heterocycles. The average Bonchev–Trinajstić information content (AvgIpc) is 3.07. The predicted molar refractivity (Wildman–Crippen MR) is 93.5 cm³/mol. The van der Waals surface area contributed by atoms with Crippen LogP contribution in [0.2, 0.25) is 0 Å². The molecular weight excluding hydrogens is 308 g/mol. The van der Waals surface area contributed by atoms with Crippen LogP contribution in [0, 0.1) is 6.92 Å². The fraction of sp³-hybridized carbons (Fsp3) is 0.222. The highest BCUT2D eigenvalue weighted by Gasteiger charge is 2.35. The second-order valence-corrected chi connectivity index (χ2v) is 6.51. The van der Waals surface area contributed by atoms with Crippen molar-refractivity contribution in [2.45, 2.75) is 13.0 Å². The highest BCUT2D eigenvalue weighted by molar-refractivity contribution is 7.99. The van der Waals surface area contributed by atoms with Crippen LogP contribution in [0.5, 0.6) is 0 Å². The highest BCUT2D eigenvalue weighted by Crippen LogP contribution is 2.24. The van der Waals surface area contributed by atoms with Crippen molar-refractivity contribution in [3.63, 3.8) is 0 Å². The zero-order chi connectivity index (χ0) is 16.2. The molecule has 5 heteroatoms. The van der Waals surface area contributed by atoms with Crippen LogP contribution in [-0.4, -0.2) is 34.4 Å². The second kappa shape index (κ2) is 6.87. The van der Waals surface area contributed by atoms with Crippen molar-refractivity contribution in [3.8, 4) is 0 Å². The van der Waals surface area contributed by atoms with E-state index < -0.39 is 6.04 Å². The van der Waals surface area contributed by atoms with Crippen molar-refractivity contribution in [3.05, 3.63) is 65.7 Å². The summed E-state index contributed by atoms with van der Waals surface area (Å²) in [7, 11) is 0. The van der Waals surface area contributed by atoms with E-state index in [9.17, 15) is 9.59 Å². The molecule has 2 aromatic rings. The number of nitrogens with zero attached hydrogens (tertiary/aromatic N) is 1. The van der Waals surface area contributed by atoms with Gasteiger partial charge < -0.3 is 10.2 Å². The lowest BCUT2D eigenvalue weighted by molar-refractivity contribution is -0.119. The summed E-state index contributed by atoms with van der Waals surface area (Å²) in [5.41, 5.74) is 2.51. The Kier molecular flexibility index (Phi) is 4.67. The van der Waals surface area contributed by atoms with Crippen molar-refractivity contribution >= 4 is 29.3 Å². The third-order valence-corrected chi connectivity index (χ3v) is 4.80. The third kappa shape index (κ3) is 3.56. The zero-order valence-corrected chi connectivity index (χ0v) is 13.7. The number of carbonyl (C=O) groups is 2. The van der Waals surface area contributed by atoms with E-state index >= 15 is 0 Å². The topological polar surface area (TPSA) is 49.4 Å². The summed E-state index contributed by atoms with van der Waals surface area (Å²) < 4.78 is 0. The Morgan fingerprint density at radius 1 is 1.09 bits per heavy atom. The number of thioether (sulfide) groups is 1. The number of amides is 2. The summed E-state index contributed by atoms with van der Waals surface area (Å²) >= 11 is 1.60. The van der Waals surface area contributed by atoms with Gasteiger partial charge in [0, 0.05) is 17.0 Å². The maximum atomic E-state index is 12.6. The number of hydrogen-bond acceptors (Lipinski definition) is 3. The van der Waals surface area contributed by atoms with Gasteiger partial charge in [0.15, 0.2) is 0 Å². The lowest BCUT2D eigenvalue weighted by atomic mass is 10.1. The molecule has 23 heavy (non-hydrogen) atoms. The summed E-state index contributed by atoms with van der Waals surface area (Å²) in [6.07, 6.45) is 0. The monoisotopic (exact) mass is 326 g/mol. The molecule has 1 N–H and O–H groups in total. The fourth-order valence-electron chi connectivity index (χ4n) is 2.47. The molecule has 1 unspecified atom stereocenters. The number of carbonyl (C=O) groups excluding carboxylic acids is 2. The smallest absolute Gasteiger partial charge is 0.255 e. The zero-order valence-electron chi connectivity index (χ0n) is 12.9. The molecule has 2 aromatic carbocycles. The van der Waals surface area contributed by atoms with E-state index in [1.165, 1.54) is 0 Å².